The SMILES string of the molecule is O=C(Nc1ccccc1C(F)(F)F)C1NCC2CCCC21. The van der Waals surface area contributed by atoms with Crippen molar-refractivity contribution in [2.45, 2.75) is 31.5 Å². The molecule has 3 nitrogen and oxygen atoms in total. The van der Waals surface area contributed by atoms with Gasteiger partial charge >= 0.3 is 6.18 Å². The number of para-hydroxylation sites is 1. The molecule has 1 aromatic carbocycles. The Morgan fingerprint density at radius 2 is 2.00 bits per heavy atom. The molecule has 0 aromatic heterocycles. The Morgan fingerprint density at radius 1 is 1.24 bits per heavy atom. The standard InChI is InChI=1S/C15H17F3N2O/c16-15(17,18)11-6-1-2-7-12(11)20-14(21)13-10-5-3-4-9(10)8-19-13/h1-2,6-7,9-10,13,19H,3-5,8H2,(H,20,21). The van der Waals surface area contributed by atoms with E-state index in [1.807, 2.05) is 0 Å². The van der Waals surface area contributed by atoms with Crippen LogP contribution in [0.1, 0.15) is 24.8 Å². The third-order valence-electron chi connectivity index (χ3n) is 4.52. The van der Waals surface area contributed by atoms with E-state index in [4.69, 9.17) is 0 Å². The molecular formula is C15H17F3N2O. The molecule has 3 atom stereocenters. The first kappa shape index (κ1) is 14.4. The number of anilines is 1. The molecule has 1 aliphatic heterocycles. The lowest BCUT2D eigenvalue weighted by Crippen LogP contribution is -2.40. The maximum Gasteiger partial charge on any atom is 0.418 e. The van der Waals surface area contributed by atoms with Crippen LogP contribution in [-0.2, 0) is 11.0 Å². The van der Waals surface area contributed by atoms with E-state index < -0.39 is 11.7 Å². The van der Waals surface area contributed by atoms with Crippen LogP contribution < -0.4 is 10.6 Å². The van der Waals surface area contributed by atoms with Crippen molar-refractivity contribution in [1.82, 2.24) is 5.32 Å². The molecular weight excluding hydrogens is 281 g/mol. The second kappa shape index (κ2) is 5.33. The number of alkyl halides is 3. The average molecular weight is 298 g/mol. The smallest absolute Gasteiger partial charge is 0.324 e. The normalized spacial score (nSPS) is 28.4. The summed E-state index contributed by atoms with van der Waals surface area (Å²) < 4.78 is 38.8. The molecule has 2 fully saturated rings. The number of halogens is 3. The summed E-state index contributed by atoms with van der Waals surface area (Å²) in [5.41, 5.74) is -0.974. The first-order chi connectivity index (χ1) is 9.97. The molecule has 3 rings (SSSR count). The van der Waals surface area contributed by atoms with Crippen molar-refractivity contribution in [1.29, 1.82) is 0 Å². The van der Waals surface area contributed by atoms with Gasteiger partial charge in [0.15, 0.2) is 0 Å². The van der Waals surface area contributed by atoms with Crippen molar-refractivity contribution in [2.24, 2.45) is 11.8 Å². The van der Waals surface area contributed by atoms with Crippen molar-refractivity contribution in [3.8, 4) is 0 Å². The lowest BCUT2D eigenvalue weighted by atomic mass is 9.93. The number of amides is 1. The summed E-state index contributed by atoms with van der Waals surface area (Å²) in [4.78, 5) is 12.3. The van der Waals surface area contributed by atoms with Gasteiger partial charge in [0.2, 0.25) is 5.91 Å². The highest BCUT2D eigenvalue weighted by atomic mass is 19.4. The maximum absolute atomic E-state index is 12.9. The number of hydrogen-bond donors (Lipinski definition) is 2. The molecule has 0 spiro atoms. The third-order valence-corrected chi connectivity index (χ3v) is 4.52. The van der Waals surface area contributed by atoms with Gasteiger partial charge in [0.25, 0.3) is 0 Å². The van der Waals surface area contributed by atoms with Crippen molar-refractivity contribution >= 4 is 11.6 Å². The van der Waals surface area contributed by atoms with Gasteiger partial charge < -0.3 is 10.6 Å². The largest absolute Gasteiger partial charge is 0.418 e. The minimum Gasteiger partial charge on any atom is -0.324 e. The minimum atomic E-state index is -4.47. The molecule has 2 N–H and O–H groups in total. The van der Waals surface area contributed by atoms with Gasteiger partial charge in [-0.25, -0.2) is 0 Å². The summed E-state index contributed by atoms with van der Waals surface area (Å²) in [7, 11) is 0. The highest BCUT2D eigenvalue weighted by Crippen LogP contribution is 2.39. The van der Waals surface area contributed by atoms with Crippen LogP contribution in [0.5, 0.6) is 0 Å². The molecule has 114 valence electrons. The summed E-state index contributed by atoms with van der Waals surface area (Å²) in [6.07, 6.45) is -1.31. The molecule has 3 unspecified atom stereocenters. The average Bonchev–Trinajstić information content (AvgIpc) is 2.99. The van der Waals surface area contributed by atoms with Crippen molar-refractivity contribution in [2.75, 3.05) is 11.9 Å². The third kappa shape index (κ3) is 2.77. The van der Waals surface area contributed by atoms with Gasteiger partial charge in [-0.2, -0.15) is 13.2 Å². The first-order valence-electron chi connectivity index (χ1n) is 7.17. The van der Waals surface area contributed by atoms with E-state index in [-0.39, 0.29) is 23.6 Å². The number of carbonyl (C=O) groups is 1. The second-order valence-corrected chi connectivity index (χ2v) is 5.77. The Bertz CT molecular complexity index is 544. The van der Waals surface area contributed by atoms with Crippen LogP contribution in [0, 0.1) is 11.8 Å². The zero-order chi connectivity index (χ0) is 15.0. The topological polar surface area (TPSA) is 41.1 Å². The maximum atomic E-state index is 12.9. The van der Waals surface area contributed by atoms with Gasteiger partial charge in [-0.15, -0.1) is 0 Å². The highest BCUT2D eigenvalue weighted by molar-refractivity contribution is 5.96. The van der Waals surface area contributed by atoms with Gasteiger partial charge in [-0.3, -0.25) is 4.79 Å². The Hall–Kier alpha value is -1.56. The van der Waals surface area contributed by atoms with Crippen LogP contribution in [0.3, 0.4) is 0 Å². The van der Waals surface area contributed by atoms with Gasteiger partial charge in [-0.05, 0) is 43.4 Å². The predicted molar refractivity (Wildman–Crippen MR) is 72.7 cm³/mol. The van der Waals surface area contributed by atoms with E-state index in [2.05, 4.69) is 10.6 Å². The quantitative estimate of drug-likeness (QED) is 0.881. The van der Waals surface area contributed by atoms with Crippen molar-refractivity contribution in [3.05, 3.63) is 29.8 Å². The van der Waals surface area contributed by atoms with Crippen LogP contribution in [-0.4, -0.2) is 18.5 Å². The number of rotatable bonds is 2. The fourth-order valence-corrected chi connectivity index (χ4v) is 3.52. The van der Waals surface area contributed by atoms with E-state index in [1.165, 1.54) is 18.2 Å². The molecule has 1 saturated heterocycles. The van der Waals surface area contributed by atoms with Crippen LogP contribution in [0.4, 0.5) is 18.9 Å². The molecule has 0 radical (unpaired) electrons. The van der Waals surface area contributed by atoms with E-state index in [0.29, 0.717) is 5.92 Å². The van der Waals surface area contributed by atoms with Gasteiger partial charge in [0.05, 0.1) is 17.3 Å². The zero-order valence-electron chi connectivity index (χ0n) is 11.4. The summed E-state index contributed by atoms with van der Waals surface area (Å²) >= 11 is 0. The number of hydrogen-bond acceptors (Lipinski definition) is 2. The first-order valence-corrected chi connectivity index (χ1v) is 7.17. The molecule has 1 aliphatic carbocycles. The molecule has 6 heteroatoms. The van der Waals surface area contributed by atoms with E-state index in [9.17, 15) is 18.0 Å². The molecule has 21 heavy (non-hydrogen) atoms. The number of fused-ring (bicyclic) bond motifs is 1. The summed E-state index contributed by atoms with van der Waals surface area (Å²) in [6.45, 7) is 0.781. The van der Waals surface area contributed by atoms with Crippen LogP contribution in [0.15, 0.2) is 24.3 Å². The molecule has 2 aliphatic rings. The number of nitrogens with one attached hydrogen (secondary N) is 2. The molecule has 1 saturated carbocycles. The lowest BCUT2D eigenvalue weighted by Gasteiger charge is -2.19. The molecule has 1 amide bonds. The predicted octanol–water partition coefficient (Wildman–Crippen LogP) is 3.03. The van der Waals surface area contributed by atoms with Crippen LogP contribution in [0.2, 0.25) is 0 Å². The molecule has 1 heterocycles. The Kier molecular flexibility index (Phi) is 3.65. The van der Waals surface area contributed by atoms with Crippen LogP contribution >= 0.6 is 0 Å². The van der Waals surface area contributed by atoms with E-state index in [0.717, 1.165) is 31.9 Å². The van der Waals surface area contributed by atoms with Crippen molar-refractivity contribution < 1.29 is 18.0 Å². The lowest BCUT2D eigenvalue weighted by molar-refractivity contribution is -0.137. The Morgan fingerprint density at radius 3 is 2.76 bits per heavy atom. The summed E-state index contributed by atoms with van der Waals surface area (Å²) in [5.74, 6) is 0.378. The van der Waals surface area contributed by atoms with Gasteiger partial charge in [0.1, 0.15) is 0 Å². The second-order valence-electron chi connectivity index (χ2n) is 5.77. The Balaban J connectivity index is 1.76. The molecule has 1 aromatic rings. The summed E-state index contributed by atoms with van der Waals surface area (Å²) in [5, 5.41) is 5.59. The van der Waals surface area contributed by atoms with Gasteiger partial charge in [0, 0.05) is 0 Å². The number of carbonyl (C=O) groups excluding carboxylic acids is 1. The Labute approximate surface area is 120 Å². The van der Waals surface area contributed by atoms with Crippen molar-refractivity contribution in [3.63, 3.8) is 0 Å². The monoisotopic (exact) mass is 298 g/mol. The van der Waals surface area contributed by atoms with Gasteiger partial charge in [-0.1, -0.05) is 18.6 Å². The fourth-order valence-electron chi connectivity index (χ4n) is 3.52. The fraction of sp³-hybridized carbons (Fsp3) is 0.533. The van der Waals surface area contributed by atoms with E-state index in [1.54, 1.807) is 0 Å². The van der Waals surface area contributed by atoms with Crippen LogP contribution in [0.25, 0.3) is 0 Å². The zero-order valence-corrected chi connectivity index (χ0v) is 11.4. The summed E-state index contributed by atoms with van der Waals surface area (Å²) in [6, 6.07) is 4.71. The highest BCUT2D eigenvalue weighted by Gasteiger charge is 2.43. The minimum absolute atomic E-state index is 0.168. The molecule has 0 bridgehead atoms. The number of benzene rings is 1. The van der Waals surface area contributed by atoms with E-state index >= 15 is 0 Å².